The van der Waals surface area contributed by atoms with E-state index in [9.17, 15) is 17.8 Å². The Kier molecular flexibility index (Phi) is 4.43. The molecule has 0 aromatic heterocycles. The predicted molar refractivity (Wildman–Crippen MR) is 97.9 cm³/mol. The third-order valence-corrected chi connectivity index (χ3v) is 7.07. The quantitative estimate of drug-likeness (QED) is 0.624. The Labute approximate surface area is 153 Å². The molecule has 1 aromatic rings. The predicted octanol–water partition coefficient (Wildman–Crippen LogP) is 2.98. The van der Waals surface area contributed by atoms with E-state index in [4.69, 9.17) is 9.47 Å². The first-order chi connectivity index (χ1) is 12.1. The van der Waals surface area contributed by atoms with Crippen LogP contribution in [0.4, 0.5) is 0 Å². The number of fused-ring (bicyclic) bond motifs is 2. The molecule has 7 heteroatoms. The summed E-state index contributed by atoms with van der Waals surface area (Å²) < 4.78 is 43.3. The Morgan fingerprint density at radius 1 is 1.27 bits per heavy atom. The Balaban J connectivity index is 2.12. The van der Waals surface area contributed by atoms with Crippen molar-refractivity contribution < 1.29 is 27.2 Å². The fourth-order valence-electron chi connectivity index (χ4n) is 4.71. The molecule has 0 saturated heterocycles. The Bertz CT molecular complexity index is 883. The second-order valence-electron chi connectivity index (χ2n) is 7.66. The summed E-state index contributed by atoms with van der Waals surface area (Å²) in [7, 11) is -1.15. The molecule has 3 rings (SSSR count). The molecule has 0 amide bonds. The fraction of sp³-hybridized carbons (Fsp3) is 0.526. The van der Waals surface area contributed by atoms with Gasteiger partial charge in [-0.1, -0.05) is 13.8 Å². The summed E-state index contributed by atoms with van der Waals surface area (Å²) in [4.78, 5) is 13.2. The minimum Gasteiger partial charge on any atom is -0.497 e. The first kappa shape index (κ1) is 18.9. The number of benzene rings is 1. The molecule has 1 aromatic carbocycles. The van der Waals surface area contributed by atoms with Gasteiger partial charge in [-0.3, -0.25) is 9.35 Å². The normalized spacial score (nSPS) is 28.6. The number of carbonyl (C=O) groups is 1. The van der Waals surface area contributed by atoms with Gasteiger partial charge in [-0.2, -0.15) is 8.42 Å². The third kappa shape index (κ3) is 2.74. The van der Waals surface area contributed by atoms with Gasteiger partial charge in [0, 0.05) is 11.1 Å². The molecule has 2 unspecified atom stereocenters. The van der Waals surface area contributed by atoms with Crippen molar-refractivity contribution in [3.8, 4) is 11.5 Å². The summed E-state index contributed by atoms with van der Waals surface area (Å²) in [6.45, 7) is 3.83. The standard InChI is InChI=1S/C19H24O6S/c1-18(2)15-7-8-19(18,11-26(21,22)23)17(20)14(15)10-12-9-13(24-3)5-6-16(12)25-4/h5-6,9-10,15H,7-8,11H2,1-4H3,(H,21,22,23). The van der Waals surface area contributed by atoms with Crippen molar-refractivity contribution in [1.29, 1.82) is 0 Å². The lowest BCUT2D eigenvalue weighted by molar-refractivity contribution is -0.125. The lowest BCUT2D eigenvalue weighted by atomic mass is 9.70. The van der Waals surface area contributed by atoms with E-state index in [1.165, 1.54) is 0 Å². The monoisotopic (exact) mass is 380 g/mol. The highest BCUT2D eigenvalue weighted by Crippen LogP contribution is 2.66. The minimum atomic E-state index is -4.27. The van der Waals surface area contributed by atoms with Crippen LogP contribution in [0.1, 0.15) is 32.3 Å². The number of ketones is 1. The first-order valence-corrected chi connectivity index (χ1v) is 10.1. The van der Waals surface area contributed by atoms with Crippen molar-refractivity contribution in [1.82, 2.24) is 0 Å². The molecule has 2 aliphatic carbocycles. The van der Waals surface area contributed by atoms with Crippen LogP contribution in [0, 0.1) is 16.7 Å². The van der Waals surface area contributed by atoms with Gasteiger partial charge in [-0.25, -0.2) is 0 Å². The lowest BCUT2D eigenvalue weighted by Crippen LogP contribution is -2.42. The van der Waals surface area contributed by atoms with Crippen LogP contribution in [0.25, 0.3) is 6.08 Å². The van der Waals surface area contributed by atoms with E-state index < -0.39 is 26.7 Å². The zero-order chi connectivity index (χ0) is 19.3. The summed E-state index contributed by atoms with van der Waals surface area (Å²) in [6.07, 6.45) is 2.96. The van der Waals surface area contributed by atoms with Crippen LogP contribution in [0.15, 0.2) is 23.8 Å². The van der Waals surface area contributed by atoms with Crippen LogP contribution in [-0.4, -0.2) is 38.7 Å². The third-order valence-electron chi connectivity index (χ3n) is 6.21. The van der Waals surface area contributed by atoms with Crippen LogP contribution >= 0.6 is 0 Å². The van der Waals surface area contributed by atoms with Crippen molar-refractivity contribution in [2.24, 2.45) is 16.7 Å². The Morgan fingerprint density at radius 2 is 1.96 bits per heavy atom. The smallest absolute Gasteiger partial charge is 0.265 e. The van der Waals surface area contributed by atoms with Crippen LogP contribution in [-0.2, 0) is 14.9 Å². The Hall–Kier alpha value is -1.86. The van der Waals surface area contributed by atoms with Gasteiger partial charge in [0.1, 0.15) is 11.5 Å². The molecule has 2 bridgehead atoms. The number of methoxy groups -OCH3 is 2. The highest BCUT2D eigenvalue weighted by Gasteiger charge is 2.67. The number of hydrogen-bond acceptors (Lipinski definition) is 5. The van der Waals surface area contributed by atoms with E-state index in [0.29, 0.717) is 35.5 Å². The van der Waals surface area contributed by atoms with Crippen LogP contribution < -0.4 is 9.47 Å². The molecule has 142 valence electrons. The summed E-state index contributed by atoms with van der Waals surface area (Å²) >= 11 is 0. The van der Waals surface area contributed by atoms with Crippen LogP contribution in [0.2, 0.25) is 0 Å². The van der Waals surface area contributed by atoms with E-state index in [1.54, 1.807) is 38.5 Å². The van der Waals surface area contributed by atoms with Crippen molar-refractivity contribution in [3.05, 3.63) is 29.3 Å². The topological polar surface area (TPSA) is 89.9 Å². The minimum absolute atomic E-state index is 0.0624. The van der Waals surface area contributed by atoms with Crippen molar-refractivity contribution in [2.45, 2.75) is 26.7 Å². The average molecular weight is 380 g/mol. The van der Waals surface area contributed by atoms with E-state index in [1.807, 2.05) is 13.8 Å². The molecule has 0 spiro atoms. The molecule has 2 saturated carbocycles. The molecule has 0 heterocycles. The second-order valence-corrected chi connectivity index (χ2v) is 9.11. The zero-order valence-electron chi connectivity index (χ0n) is 15.4. The van der Waals surface area contributed by atoms with Crippen molar-refractivity contribution in [2.75, 3.05) is 20.0 Å². The molecule has 0 aliphatic heterocycles. The maximum atomic E-state index is 13.2. The van der Waals surface area contributed by atoms with Gasteiger partial charge in [0.2, 0.25) is 0 Å². The molecule has 2 fully saturated rings. The van der Waals surface area contributed by atoms with E-state index in [-0.39, 0.29) is 11.7 Å². The fourth-order valence-corrected chi connectivity index (χ4v) is 5.98. The van der Waals surface area contributed by atoms with Gasteiger partial charge in [-0.15, -0.1) is 0 Å². The van der Waals surface area contributed by atoms with Gasteiger partial charge < -0.3 is 9.47 Å². The molecule has 6 nitrogen and oxygen atoms in total. The van der Waals surface area contributed by atoms with E-state index in [0.717, 1.165) is 0 Å². The number of allylic oxidation sites excluding steroid dienone is 1. The van der Waals surface area contributed by atoms with Gasteiger partial charge in [0.05, 0.1) is 25.4 Å². The van der Waals surface area contributed by atoms with E-state index >= 15 is 0 Å². The second kappa shape index (κ2) is 6.09. The van der Waals surface area contributed by atoms with Crippen LogP contribution in [0.5, 0.6) is 11.5 Å². The molecular weight excluding hydrogens is 356 g/mol. The van der Waals surface area contributed by atoms with Crippen molar-refractivity contribution in [3.63, 3.8) is 0 Å². The molecule has 1 N–H and O–H groups in total. The SMILES string of the molecule is COc1ccc(OC)c(C=C2C(=O)C3(CS(=O)(=O)O)CCC2C3(C)C)c1. The summed E-state index contributed by atoms with van der Waals surface area (Å²) in [5.74, 6) is 0.458. The lowest BCUT2D eigenvalue weighted by Gasteiger charge is -2.34. The van der Waals surface area contributed by atoms with Crippen LogP contribution in [0.3, 0.4) is 0 Å². The molecule has 2 aliphatic rings. The van der Waals surface area contributed by atoms with Gasteiger partial charge >= 0.3 is 0 Å². The largest absolute Gasteiger partial charge is 0.497 e. The zero-order valence-corrected chi connectivity index (χ0v) is 16.2. The van der Waals surface area contributed by atoms with Crippen molar-refractivity contribution >= 4 is 22.0 Å². The van der Waals surface area contributed by atoms with Gasteiger partial charge in [-0.05, 0) is 48.4 Å². The first-order valence-electron chi connectivity index (χ1n) is 8.49. The van der Waals surface area contributed by atoms with E-state index in [2.05, 4.69) is 0 Å². The molecule has 26 heavy (non-hydrogen) atoms. The maximum Gasteiger partial charge on any atom is 0.265 e. The molecule has 2 atom stereocenters. The number of ether oxygens (including phenoxy) is 2. The number of Topliss-reactive ketones (excluding diaryl/α,β-unsaturated/α-hetero) is 1. The molecule has 0 radical (unpaired) electrons. The average Bonchev–Trinajstić information content (AvgIpc) is 2.88. The number of carbonyl (C=O) groups excluding carboxylic acids is 1. The van der Waals surface area contributed by atoms with Gasteiger partial charge in [0.15, 0.2) is 5.78 Å². The highest BCUT2D eigenvalue weighted by molar-refractivity contribution is 7.85. The number of rotatable bonds is 5. The summed E-state index contributed by atoms with van der Waals surface area (Å²) in [6, 6.07) is 5.32. The number of hydrogen-bond donors (Lipinski definition) is 1. The maximum absolute atomic E-state index is 13.2. The van der Waals surface area contributed by atoms with Gasteiger partial charge in [0.25, 0.3) is 10.1 Å². The summed E-state index contributed by atoms with van der Waals surface area (Å²) in [5, 5.41) is 0. The Morgan fingerprint density at radius 3 is 2.54 bits per heavy atom. The molecular formula is C19H24O6S. The summed E-state index contributed by atoms with van der Waals surface area (Å²) in [5.41, 5.74) is -0.321. The highest BCUT2D eigenvalue weighted by atomic mass is 32.2.